The zero-order valence-electron chi connectivity index (χ0n) is 20.5. The number of aliphatic hydroxyl groups excluding tert-OH is 4. The fraction of sp³-hybridized carbons (Fsp3) is 1.00. The summed E-state index contributed by atoms with van der Waals surface area (Å²) in [7, 11) is 0. The van der Waals surface area contributed by atoms with E-state index in [0.29, 0.717) is 45.2 Å². The van der Waals surface area contributed by atoms with Crippen LogP contribution >= 0.6 is 0 Å². The first kappa shape index (κ1) is 29.8. The Hall–Kier alpha value is -0.240. The van der Waals surface area contributed by atoms with E-state index in [1.807, 2.05) is 41.5 Å². The molecule has 182 valence electrons. The van der Waals surface area contributed by atoms with E-state index in [2.05, 4.69) is 6.92 Å². The summed E-state index contributed by atoms with van der Waals surface area (Å²) in [6.45, 7) is 16.1. The highest BCUT2D eigenvalue weighted by Gasteiger charge is 2.21. The maximum absolute atomic E-state index is 10.2. The Morgan fingerprint density at radius 3 is 1.43 bits per heavy atom. The first-order valence-electron chi connectivity index (χ1n) is 11.8. The quantitative estimate of drug-likeness (QED) is 0.247. The van der Waals surface area contributed by atoms with Gasteiger partial charge in [0.15, 0.2) is 0 Å². The molecule has 0 bridgehead atoms. The smallest absolute Gasteiger partial charge is 0.0612 e. The van der Waals surface area contributed by atoms with Crippen LogP contribution in [-0.4, -0.2) is 71.3 Å². The highest BCUT2D eigenvalue weighted by molar-refractivity contribution is 4.72. The van der Waals surface area contributed by atoms with E-state index in [1.165, 1.54) is 0 Å². The molecule has 0 aliphatic carbocycles. The first-order chi connectivity index (χ1) is 14.0. The molecule has 0 aromatic rings. The van der Waals surface area contributed by atoms with Crippen LogP contribution in [-0.2, 0) is 9.47 Å². The van der Waals surface area contributed by atoms with E-state index in [4.69, 9.17) is 9.47 Å². The van der Waals surface area contributed by atoms with Crippen LogP contribution in [0.5, 0.6) is 0 Å². The summed E-state index contributed by atoms with van der Waals surface area (Å²) in [6.07, 6.45) is 0.641. The summed E-state index contributed by atoms with van der Waals surface area (Å²) < 4.78 is 11.5. The Labute approximate surface area is 185 Å². The normalized spacial score (nSPS) is 19.5. The van der Waals surface area contributed by atoms with Crippen molar-refractivity contribution in [1.82, 2.24) is 0 Å². The number of ether oxygens (including phenoxy) is 2. The molecule has 0 radical (unpaired) electrons. The summed E-state index contributed by atoms with van der Waals surface area (Å²) in [4.78, 5) is 0. The summed E-state index contributed by atoms with van der Waals surface area (Å²) >= 11 is 0. The molecule has 6 heteroatoms. The van der Waals surface area contributed by atoms with E-state index in [9.17, 15) is 20.4 Å². The summed E-state index contributed by atoms with van der Waals surface area (Å²) in [6, 6.07) is 0. The Morgan fingerprint density at radius 2 is 1.00 bits per heavy atom. The molecule has 7 atom stereocenters. The monoisotopic (exact) mass is 434 g/mol. The van der Waals surface area contributed by atoms with Crippen LogP contribution in [0.15, 0.2) is 0 Å². The molecular weight excluding hydrogens is 384 g/mol. The van der Waals surface area contributed by atoms with Gasteiger partial charge in [-0.25, -0.2) is 0 Å². The maximum atomic E-state index is 10.2. The molecule has 0 amide bonds. The second-order valence-electron chi connectivity index (χ2n) is 10.0. The van der Waals surface area contributed by atoms with Gasteiger partial charge < -0.3 is 29.9 Å². The maximum Gasteiger partial charge on any atom is 0.0612 e. The molecular formula is C24H50O6. The van der Waals surface area contributed by atoms with Gasteiger partial charge in [-0.15, -0.1) is 0 Å². The number of hydrogen-bond acceptors (Lipinski definition) is 6. The summed E-state index contributed by atoms with van der Waals surface area (Å²) in [5.74, 6) is 0.697. The molecule has 30 heavy (non-hydrogen) atoms. The molecule has 6 nitrogen and oxygen atoms in total. The van der Waals surface area contributed by atoms with Crippen molar-refractivity contribution in [3.8, 4) is 0 Å². The minimum Gasteiger partial charge on any atom is -0.393 e. The first-order valence-corrected chi connectivity index (χ1v) is 11.8. The lowest BCUT2D eigenvalue weighted by molar-refractivity contribution is -0.0108. The molecule has 4 N–H and O–H groups in total. The van der Waals surface area contributed by atoms with Gasteiger partial charge in [-0.1, -0.05) is 48.5 Å². The van der Waals surface area contributed by atoms with Gasteiger partial charge in [-0.3, -0.25) is 0 Å². The van der Waals surface area contributed by atoms with Crippen LogP contribution in [0.4, 0.5) is 0 Å². The number of rotatable bonds is 18. The largest absolute Gasteiger partial charge is 0.393 e. The Bertz CT molecular complexity index is 403. The van der Waals surface area contributed by atoms with Gasteiger partial charge in [0.25, 0.3) is 0 Å². The van der Waals surface area contributed by atoms with Gasteiger partial charge in [0, 0.05) is 25.0 Å². The van der Waals surface area contributed by atoms with Crippen LogP contribution in [0, 0.1) is 29.6 Å². The van der Waals surface area contributed by atoms with E-state index in [1.54, 1.807) is 0 Å². The zero-order valence-corrected chi connectivity index (χ0v) is 20.5. The van der Waals surface area contributed by atoms with Crippen molar-refractivity contribution in [2.45, 2.75) is 98.6 Å². The second kappa shape index (κ2) is 16.4. The lowest BCUT2D eigenvalue weighted by atomic mass is 9.95. The zero-order chi connectivity index (χ0) is 23.3. The van der Waals surface area contributed by atoms with Gasteiger partial charge in [0.1, 0.15) is 0 Å². The molecule has 7 unspecified atom stereocenters. The van der Waals surface area contributed by atoms with E-state index in [0.717, 1.165) is 12.8 Å². The highest BCUT2D eigenvalue weighted by atomic mass is 16.5. The predicted octanol–water partition coefficient (Wildman–Crippen LogP) is 3.24. The third-order valence-corrected chi connectivity index (χ3v) is 5.97. The molecule has 0 aliphatic rings. The summed E-state index contributed by atoms with van der Waals surface area (Å²) in [5, 5.41) is 40.1. The van der Waals surface area contributed by atoms with Gasteiger partial charge in [-0.05, 0) is 43.4 Å². The van der Waals surface area contributed by atoms with Gasteiger partial charge >= 0.3 is 0 Å². The van der Waals surface area contributed by atoms with E-state index in [-0.39, 0.29) is 23.7 Å². The SMILES string of the molecule is CC(CCCOCC(C)C(O)CC(O)C(C)C)COCC(C)C(O)CC(O)C(C)C. The number of hydrogen-bond donors (Lipinski definition) is 4. The molecule has 0 spiro atoms. The average Bonchev–Trinajstić information content (AvgIpc) is 2.66. The van der Waals surface area contributed by atoms with Crippen LogP contribution in [0.2, 0.25) is 0 Å². The van der Waals surface area contributed by atoms with Crippen molar-refractivity contribution >= 4 is 0 Å². The Kier molecular flexibility index (Phi) is 16.3. The molecule has 0 aromatic carbocycles. The summed E-state index contributed by atoms with van der Waals surface area (Å²) in [5.41, 5.74) is 0. The van der Waals surface area contributed by atoms with Crippen LogP contribution in [0.25, 0.3) is 0 Å². The molecule has 0 fully saturated rings. The number of aliphatic hydroxyl groups is 4. The molecule has 0 aliphatic heterocycles. The lowest BCUT2D eigenvalue weighted by Crippen LogP contribution is -2.29. The van der Waals surface area contributed by atoms with Crippen molar-refractivity contribution in [3.63, 3.8) is 0 Å². The van der Waals surface area contributed by atoms with E-state index < -0.39 is 24.4 Å². The third-order valence-electron chi connectivity index (χ3n) is 5.97. The van der Waals surface area contributed by atoms with Gasteiger partial charge in [0.05, 0.1) is 37.6 Å². The second-order valence-corrected chi connectivity index (χ2v) is 10.0. The van der Waals surface area contributed by atoms with Crippen LogP contribution in [0.1, 0.15) is 74.1 Å². The minimum atomic E-state index is -0.551. The average molecular weight is 435 g/mol. The fourth-order valence-corrected chi connectivity index (χ4v) is 3.07. The van der Waals surface area contributed by atoms with Crippen molar-refractivity contribution in [1.29, 1.82) is 0 Å². The minimum absolute atomic E-state index is 0.00119. The van der Waals surface area contributed by atoms with Crippen LogP contribution < -0.4 is 0 Å². The Balaban J connectivity index is 3.82. The van der Waals surface area contributed by atoms with Crippen molar-refractivity contribution in [2.75, 3.05) is 26.4 Å². The third kappa shape index (κ3) is 13.9. The molecule has 0 saturated heterocycles. The molecule has 0 saturated carbocycles. The van der Waals surface area contributed by atoms with E-state index >= 15 is 0 Å². The van der Waals surface area contributed by atoms with Crippen molar-refractivity contribution < 1.29 is 29.9 Å². The Morgan fingerprint density at radius 1 is 0.567 bits per heavy atom. The lowest BCUT2D eigenvalue weighted by Gasteiger charge is -2.24. The molecule has 0 rings (SSSR count). The van der Waals surface area contributed by atoms with Gasteiger partial charge in [-0.2, -0.15) is 0 Å². The van der Waals surface area contributed by atoms with Crippen molar-refractivity contribution in [3.05, 3.63) is 0 Å². The molecule has 0 heterocycles. The molecule has 0 aromatic heterocycles. The fourth-order valence-electron chi connectivity index (χ4n) is 3.07. The standard InChI is InChI=1S/C24H50O6/c1-16(2)21(25)11-23(27)19(6)14-29-10-8-9-18(5)13-30-15-20(7)24(28)12-22(26)17(3)4/h16-28H,8-15H2,1-7H3. The topological polar surface area (TPSA) is 99.4 Å². The van der Waals surface area contributed by atoms with Gasteiger partial charge in [0.2, 0.25) is 0 Å². The predicted molar refractivity (Wildman–Crippen MR) is 121 cm³/mol. The van der Waals surface area contributed by atoms with Crippen LogP contribution in [0.3, 0.4) is 0 Å². The highest BCUT2D eigenvalue weighted by Crippen LogP contribution is 2.17. The van der Waals surface area contributed by atoms with Crippen molar-refractivity contribution in [2.24, 2.45) is 29.6 Å².